The quantitative estimate of drug-likeness (QED) is 0.136. The van der Waals surface area contributed by atoms with Gasteiger partial charge in [-0.1, -0.05) is 85.8 Å². The summed E-state index contributed by atoms with van der Waals surface area (Å²) in [4.78, 5) is 8.93. The molecule has 0 aliphatic heterocycles. The van der Waals surface area contributed by atoms with Gasteiger partial charge in [-0.25, -0.2) is 0 Å². The van der Waals surface area contributed by atoms with Gasteiger partial charge in [0.2, 0.25) is 0 Å². The summed E-state index contributed by atoms with van der Waals surface area (Å²) in [6.45, 7) is 2.05. The minimum absolute atomic E-state index is 0. The molecule has 0 N–H and O–H groups in total. The van der Waals surface area contributed by atoms with Crippen molar-refractivity contribution in [3.05, 3.63) is 157 Å². The van der Waals surface area contributed by atoms with Crippen molar-refractivity contribution in [3.8, 4) is 33.6 Å². The number of aryl methyl sites for hydroxylation is 1. The van der Waals surface area contributed by atoms with Crippen LogP contribution in [-0.2, 0) is 20.1 Å². The number of benzene rings is 5. The summed E-state index contributed by atoms with van der Waals surface area (Å²) < 4.78 is 0. The van der Waals surface area contributed by atoms with Crippen molar-refractivity contribution in [1.29, 1.82) is 0 Å². The first-order chi connectivity index (χ1) is 19.3. The SMILES string of the molecule is Cc1c[c-]c(-c2ccccn2)cc1.[Ir].[c-]1ccc(-c2ccccc2)cc1-c1nccc2c1ccc1ccccc12. The van der Waals surface area contributed by atoms with Crippen molar-refractivity contribution in [2.24, 2.45) is 0 Å². The third kappa shape index (κ3) is 5.92. The molecule has 2 heterocycles. The maximum Gasteiger partial charge on any atom is 0.0167 e. The van der Waals surface area contributed by atoms with Gasteiger partial charge in [0, 0.05) is 32.5 Å². The summed E-state index contributed by atoms with van der Waals surface area (Å²) in [6.07, 6.45) is 3.69. The average molecular weight is 691 g/mol. The Morgan fingerprint density at radius 1 is 0.550 bits per heavy atom. The molecule has 5 aromatic carbocycles. The maximum atomic E-state index is 4.69. The Labute approximate surface area is 248 Å². The minimum atomic E-state index is 0. The molecule has 0 spiro atoms. The van der Waals surface area contributed by atoms with Gasteiger partial charge < -0.3 is 9.97 Å². The van der Waals surface area contributed by atoms with E-state index in [1.54, 1.807) is 6.20 Å². The van der Waals surface area contributed by atoms with E-state index in [2.05, 4.69) is 114 Å². The molecule has 1 radical (unpaired) electrons. The van der Waals surface area contributed by atoms with Crippen molar-refractivity contribution >= 4 is 21.5 Å². The van der Waals surface area contributed by atoms with E-state index in [0.717, 1.165) is 27.9 Å². The zero-order valence-corrected chi connectivity index (χ0v) is 24.4. The van der Waals surface area contributed by atoms with Gasteiger partial charge >= 0.3 is 0 Å². The first-order valence-corrected chi connectivity index (χ1v) is 13.0. The molecule has 3 heteroatoms. The van der Waals surface area contributed by atoms with Crippen LogP contribution in [0.2, 0.25) is 0 Å². The van der Waals surface area contributed by atoms with Gasteiger partial charge in [-0.15, -0.1) is 70.8 Å². The van der Waals surface area contributed by atoms with E-state index in [1.807, 2.05) is 48.7 Å². The van der Waals surface area contributed by atoms with Gasteiger partial charge in [0.15, 0.2) is 0 Å². The third-order valence-corrected chi connectivity index (χ3v) is 6.74. The summed E-state index contributed by atoms with van der Waals surface area (Å²) in [5.41, 5.74) is 7.62. The van der Waals surface area contributed by atoms with Crippen molar-refractivity contribution in [2.45, 2.75) is 6.92 Å². The maximum absolute atomic E-state index is 4.69. The zero-order valence-electron chi connectivity index (χ0n) is 22.0. The van der Waals surface area contributed by atoms with Crippen molar-refractivity contribution in [3.63, 3.8) is 0 Å². The van der Waals surface area contributed by atoms with Crippen LogP contribution in [0.25, 0.3) is 55.2 Å². The van der Waals surface area contributed by atoms with Crippen molar-refractivity contribution < 1.29 is 20.1 Å². The molecule has 195 valence electrons. The predicted molar refractivity (Wildman–Crippen MR) is 162 cm³/mol. The summed E-state index contributed by atoms with van der Waals surface area (Å²) in [5, 5.41) is 4.89. The molecular weight excluding hydrogens is 665 g/mol. The van der Waals surface area contributed by atoms with Crippen LogP contribution in [0.15, 0.2) is 140 Å². The molecule has 2 nitrogen and oxygen atoms in total. The Morgan fingerprint density at radius 3 is 2.17 bits per heavy atom. The molecule has 0 saturated carbocycles. The minimum Gasteiger partial charge on any atom is -0.305 e. The van der Waals surface area contributed by atoms with Crippen LogP contribution < -0.4 is 0 Å². The van der Waals surface area contributed by atoms with Crippen LogP contribution >= 0.6 is 0 Å². The normalized spacial score (nSPS) is 10.4. The number of nitrogens with zero attached hydrogens (tertiary/aromatic N) is 2. The van der Waals surface area contributed by atoms with E-state index >= 15 is 0 Å². The van der Waals surface area contributed by atoms with Gasteiger partial charge in [-0.3, -0.25) is 0 Å². The first-order valence-electron chi connectivity index (χ1n) is 13.0. The van der Waals surface area contributed by atoms with Gasteiger partial charge in [0.25, 0.3) is 0 Å². The largest absolute Gasteiger partial charge is 0.305 e. The van der Waals surface area contributed by atoms with Crippen LogP contribution in [-0.4, -0.2) is 9.97 Å². The van der Waals surface area contributed by atoms with Gasteiger partial charge in [-0.2, -0.15) is 0 Å². The summed E-state index contributed by atoms with van der Waals surface area (Å²) in [5.74, 6) is 0. The van der Waals surface area contributed by atoms with Gasteiger partial charge in [0.05, 0.1) is 0 Å². The molecule has 0 atom stereocenters. The molecule has 0 amide bonds. The Hall–Kier alpha value is -4.43. The summed E-state index contributed by atoms with van der Waals surface area (Å²) in [6, 6.07) is 50.1. The number of fused-ring (bicyclic) bond motifs is 3. The second-order valence-electron chi connectivity index (χ2n) is 9.39. The van der Waals surface area contributed by atoms with Crippen molar-refractivity contribution in [2.75, 3.05) is 0 Å². The van der Waals surface area contributed by atoms with E-state index in [9.17, 15) is 0 Å². The molecule has 40 heavy (non-hydrogen) atoms. The number of hydrogen-bond acceptors (Lipinski definition) is 2. The first kappa shape index (κ1) is 27.1. The fourth-order valence-corrected chi connectivity index (χ4v) is 4.75. The van der Waals surface area contributed by atoms with Crippen molar-refractivity contribution in [1.82, 2.24) is 9.97 Å². The molecule has 0 bridgehead atoms. The Morgan fingerprint density at radius 2 is 1.38 bits per heavy atom. The van der Waals surface area contributed by atoms with E-state index in [4.69, 9.17) is 0 Å². The average Bonchev–Trinajstić information content (AvgIpc) is 3.02. The third-order valence-electron chi connectivity index (χ3n) is 6.74. The van der Waals surface area contributed by atoms with E-state index < -0.39 is 0 Å². The number of aromatic nitrogens is 2. The topological polar surface area (TPSA) is 25.8 Å². The molecule has 2 aromatic heterocycles. The van der Waals surface area contributed by atoms with Gasteiger partial charge in [0.1, 0.15) is 0 Å². The summed E-state index contributed by atoms with van der Waals surface area (Å²) >= 11 is 0. The Balaban J connectivity index is 0.000000195. The monoisotopic (exact) mass is 691 g/mol. The number of rotatable bonds is 3. The van der Waals surface area contributed by atoms with Crippen LogP contribution in [0.3, 0.4) is 0 Å². The fraction of sp³-hybridized carbons (Fsp3) is 0.0270. The molecule has 0 aliphatic carbocycles. The summed E-state index contributed by atoms with van der Waals surface area (Å²) in [7, 11) is 0. The van der Waals surface area contributed by atoms with Crippen LogP contribution in [0.1, 0.15) is 5.56 Å². The molecule has 0 aliphatic rings. The molecule has 0 unspecified atom stereocenters. The van der Waals surface area contributed by atoms with Gasteiger partial charge in [-0.05, 0) is 50.6 Å². The predicted octanol–water partition coefficient (Wildman–Crippen LogP) is 9.38. The molecule has 7 rings (SSSR count). The second-order valence-corrected chi connectivity index (χ2v) is 9.39. The molecular formula is C37H26IrN2-2. The van der Waals surface area contributed by atoms with Crippen LogP contribution in [0.5, 0.6) is 0 Å². The smallest absolute Gasteiger partial charge is 0.0167 e. The van der Waals surface area contributed by atoms with E-state index in [0.29, 0.717) is 0 Å². The zero-order chi connectivity index (χ0) is 26.4. The van der Waals surface area contributed by atoms with Crippen LogP contribution in [0, 0.1) is 19.1 Å². The molecule has 7 aromatic rings. The number of pyridine rings is 2. The van der Waals surface area contributed by atoms with Crippen LogP contribution in [0.4, 0.5) is 0 Å². The number of hydrogen-bond donors (Lipinski definition) is 0. The Bertz CT molecular complexity index is 1850. The molecule has 0 fully saturated rings. The Kier molecular flexibility index (Phi) is 8.56. The van der Waals surface area contributed by atoms with E-state index in [1.165, 1.54) is 32.8 Å². The van der Waals surface area contributed by atoms with E-state index in [-0.39, 0.29) is 20.1 Å². The molecule has 0 saturated heterocycles. The standard InChI is InChI=1S/C25H16N.C12H10N.Ir/c1-2-7-18(8-3-1)20-10-6-11-21(17-20)25-24-14-13-19-9-4-5-12-22(19)23(24)15-16-26-25;1-10-5-7-11(8-6-10)12-4-2-3-9-13-12;/h1-10,12-17H;2-7,9H,1H3;/q2*-1;. The fourth-order valence-electron chi connectivity index (χ4n) is 4.75. The second kappa shape index (κ2) is 12.6.